The lowest BCUT2D eigenvalue weighted by molar-refractivity contribution is -0.139. The molecular weight excluding hydrogens is 196 g/mol. The molecule has 1 rings (SSSR count). The van der Waals surface area contributed by atoms with Gasteiger partial charge in [0, 0.05) is 12.6 Å². The first-order valence-electron chi connectivity index (χ1n) is 4.53. The number of rotatable bonds is 5. The van der Waals surface area contributed by atoms with Gasteiger partial charge in [-0.25, -0.2) is 4.79 Å². The molecule has 5 N–H and O–H groups in total. The van der Waals surface area contributed by atoms with E-state index in [2.05, 4.69) is 0 Å². The second kappa shape index (κ2) is 5.33. The van der Waals surface area contributed by atoms with Crippen LogP contribution in [-0.2, 0) is 4.79 Å². The maximum absolute atomic E-state index is 10.2. The van der Waals surface area contributed by atoms with E-state index in [1.165, 1.54) is 0 Å². The van der Waals surface area contributed by atoms with Crippen LogP contribution in [0, 0.1) is 0 Å². The smallest absolute Gasteiger partial charge is 0.341 e. The zero-order valence-electron chi connectivity index (χ0n) is 8.22. The summed E-state index contributed by atoms with van der Waals surface area (Å²) in [7, 11) is 0. The van der Waals surface area contributed by atoms with E-state index < -0.39 is 5.97 Å². The van der Waals surface area contributed by atoms with E-state index in [-0.39, 0.29) is 12.6 Å². The molecule has 82 valence electrons. The Kier molecular flexibility index (Phi) is 4.08. The van der Waals surface area contributed by atoms with Gasteiger partial charge in [-0.05, 0) is 17.7 Å². The average molecular weight is 210 g/mol. The number of carboxylic acid groups (broad SMARTS) is 1. The third kappa shape index (κ3) is 3.57. The number of ether oxygens (including phenoxy) is 1. The van der Waals surface area contributed by atoms with Gasteiger partial charge in [0.05, 0.1) is 0 Å². The largest absolute Gasteiger partial charge is 0.482 e. The van der Waals surface area contributed by atoms with Crippen molar-refractivity contribution in [2.45, 2.75) is 6.04 Å². The molecule has 5 nitrogen and oxygen atoms in total. The molecule has 0 spiro atoms. The summed E-state index contributed by atoms with van der Waals surface area (Å²) in [4.78, 5) is 10.2. The highest BCUT2D eigenvalue weighted by Crippen LogP contribution is 2.15. The summed E-state index contributed by atoms with van der Waals surface area (Å²) in [6, 6.07) is 6.70. The zero-order chi connectivity index (χ0) is 11.3. The van der Waals surface area contributed by atoms with Crippen molar-refractivity contribution in [1.29, 1.82) is 0 Å². The summed E-state index contributed by atoms with van der Waals surface area (Å²) in [5.74, 6) is -0.497. The predicted octanol–water partition coefficient (Wildman–Crippen LogP) is 0.108. The van der Waals surface area contributed by atoms with Gasteiger partial charge in [0.25, 0.3) is 0 Å². The highest BCUT2D eigenvalue weighted by Gasteiger charge is 2.04. The van der Waals surface area contributed by atoms with Gasteiger partial charge in [-0.3, -0.25) is 0 Å². The Morgan fingerprint density at radius 1 is 1.40 bits per heavy atom. The molecule has 0 bridgehead atoms. The fraction of sp³-hybridized carbons (Fsp3) is 0.300. The minimum Gasteiger partial charge on any atom is -0.482 e. The molecule has 15 heavy (non-hydrogen) atoms. The summed E-state index contributed by atoms with van der Waals surface area (Å²) >= 11 is 0. The zero-order valence-corrected chi connectivity index (χ0v) is 8.22. The number of carbonyl (C=O) groups is 1. The van der Waals surface area contributed by atoms with E-state index in [1.54, 1.807) is 24.3 Å². The SMILES string of the molecule is NC[C@@H](N)c1ccc(OCC(=O)O)cc1. The lowest BCUT2D eigenvalue weighted by Gasteiger charge is -2.09. The number of carboxylic acids is 1. The van der Waals surface area contributed by atoms with E-state index in [1.807, 2.05) is 0 Å². The van der Waals surface area contributed by atoms with Crippen molar-refractivity contribution >= 4 is 5.97 Å². The Labute approximate surface area is 87.6 Å². The van der Waals surface area contributed by atoms with Crippen molar-refractivity contribution in [3.05, 3.63) is 29.8 Å². The van der Waals surface area contributed by atoms with Gasteiger partial charge in [0.2, 0.25) is 0 Å². The van der Waals surface area contributed by atoms with Crippen molar-refractivity contribution in [2.24, 2.45) is 11.5 Å². The Balaban J connectivity index is 2.60. The number of hydrogen-bond donors (Lipinski definition) is 3. The standard InChI is InChI=1S/C10H14N2O3/c11-5-9(12)7-1-3-8(4-2-7)15-6-10(13)14/h1-4,9H,5-6,11-12H2,(H,13,14)/t9-/m1/s1. The lowest BCUT2D eigenvalue weighted by Crippen LogP contribution is -2.20. The van der Waals surface area contributed by atoms with E-state index >= 15 is 0 Å². The van der Waals surface area contributed by atoms with Crippen LogP contribution in [-0.4, -0.2) is 24.2 Å². The van der Waals surface area contributed by atoms with Crippen LogP contribution in [0.25, 0.3) is 0 Å². The normalized spacial score (nSPS) is 12.1. The van der Waals surface area contributed by atoms with Crippen LogP contribution in [0.1, 0.15) is 11.6 Å². The maximum Gasteiger partial charge on any atom is 0.341 e. The third-order valence-electron chi connectivity index (χ3n) is 1.92. The molecule has 0 aliphatic carbocycles. The lowest BCUT2D eigenvalue weighted by atomic mass is 10.1. The molecule has 0 aromatic heterocycles. The van der Waals surface area contributed by atoms with Gasteiger partial charge in [-0.1, -0.05) is 12.1 Å². The fourth-order valence-corrected chi connectivity index (χ4v) is 1.09. The van der Waals surface area contributed by atoms with Crippen LogP contribution in [0.2, 0.25) is 0 Å². The van der Waals surface area contributed by atoms with Gasteiger partial charge in [-0.2, -0.15) is 0 Å². The number of nitrogens with two attached hydrogens (primary N) is 2. The summed E-state index contributed by atoms with van der Waals surface area (Å²) in [5, 5.41) is 8.39. The van der Waals surface area contributed by atoms with Gasteiger partial charge in [0.15, 0.2) is 6.61 Å². The third-order valence-corrected chi connectivity index (χ3v) is 1.92. The number of benzene rings is 1. The molecular formula is C10H14N2O3. The van der Waals surface area contributed by atoms with Gasteiger partial charge in [-0.15, -0.1) is 0 Å². The molecule has 0 unspecified atom stereocenters. The topological polar surface area (TPSA) is 98.6 Å². The molecule has 0 radical (unpaired) electrons. The molecule has 5 heteroatoms. The molecule has 0 saturated heterocycles. The first-order chi connectivity index (χ1) is 7.13. The van der Waals surface area contributed by atoms with Crippen LogP contribution >= 0.6 is 0 Å². The summed E-state index contributed by atoms with van der Waals surface area (Å²) in [6.07, 6.45) is 0. The van der Waals surface area contributed by atoms with E-state index in [0.717, 1.165) is 5.56 Å². The minimum atomic E-state index is -1.00. The first kappa shape index (κ1) is 11.5. The second-order valence-corrected chi connectivity index (χ2v) is 3.09. The Morgan fingerprint density at radius 2 is 2.00 bits per heavy atom. The van der Waals surface area contributed by atoms with Gasteiger partial charge in [0.1, 0.15) is 5.75 Å². The van der Waals surface area contributed by atoms with Crippen LogP contribution in [0.4, 0.5) is 0 Å². The predicted molar refractivity (Wildman–Crippen MR) is 55.6 cm³/mol. The number of hydrogen-bond acceptors (Lipinski definition) is 4. The Bertz CT molecular complexity index is 324. The van der Waals surface area contributed by atoms with Crippen LogP contribution in [0.3, 0.4) is 0 Å². The van der Waals surface area contributed by atoms with Crippen molar-refractivity contribution in [1.82, 2.24) is 0 Å². The van der Waals surface area contributed by atoms with E-state index in [0.29, 0.717) is 12.3 Å². The molecule has 0 aliphatic heterocycles. The highest BCUT2D eigenvalue weighted by molar-refractivity contribution is 5.68. The maximum atomic E-state index is 10.2. The van der Waals surface area contributed by atoms with E-state index in [9.17, 15) is 4.79 Å². The van der Waals surface area contributed by atoms with Crippen LogP contribution in [0.15, 0.2) is 24.3 Å². The quantitative estimate of drug-likeness (QED) is 0.640. The second-order valence-electron chi connectivity index (χ2n) is 3.09. The molecule has 1 aromatic rings. The van der Waals surface area contributed by atoms with Crippen molar-refractivity contribution in [3.8, 4) is 5.75 Å². The minimum absolute atomic E-state index is 0.196. The highest BCUT2D eigenvalue weighted by atomic mass is 16.5. The van der Waals surface area contributed by atoms with Crippen LogP contribution < -0.4 is 16.2 Å². The van der Waals surface area contributed by atoms with Crippen molar-refractivity contribution in [2.75, 3.05) is 13.2 Å². The van der Waals surface area contributed by atoms with Crippen molar-refractivity contribution in [3.63, 3.8) is 0 Å². The fourth-order valence-electron chi connectivity index (χ4n) is 1.09. The Morgan fingerprint density at radius 3 is 2.47 bits per heavy atom. The Hall–Kier alpha value is -1.59. The van der Waals surface area contributed by atoms with E-state index in [4.69, 9.17) is 21.3 Å². The first-order valence-corrected chi connectivity index (χ1v) is 4.53. The molecule has 1 atom stereocenters. The summed E-state index contributed by atoms with van der Waals surface area (Å²) < 4.78 is 4.96. The van der Waals surface area contributed by atoms with Gasteiger partial charge < -0.3 is 21.3 Å². The number of aliphatic carboxylic acids is 1. The monoisotopic (exact) mass is 210 g/mol. The summed E-state index contributed by atoms with van der Waals surface area (Å²) in [6.45, 7) is 0.0254. The van der Waals surface area contributed by atoms with Gasteiger partial charge >= 0.3 is 5.97 Å². The molecule has 0 heterocycles. The molecule has 1 aromatic carbocycles. The molecule has 0 aliphatic rings. The average Bonchev–Trinajstić information content (AvgIpc) is 2.26. The van der Waals surface area contributed by atoms with Crippen molar-refractivity contribution < 1.29 is 14.6 Å². The van der Waals surface area contributed by atoms with Crippen LogP contribution in [0.5, 0.6) is 5.75 Å². The summed E-state index contributed by atoms with van der Waals surface area (Å²) in [5.41, 5.74) is 12.0. The molecule has 0 fully saturated rings. The molecule has 0 amide bonds. The molecule has 0 saturated carbocycles.